The summed E-state index contributed by atoms with van der Waals surface area (Å²) < 4.78 is 76.5. The quantitative estimate of drug-likeness (QED) is 0.383. The number of nitrogens with zero attached hydrogens (tertiary/aromatic N) is 1. The fourth-order valence-electron chi connectivity index (χ4n) is 2.89. The van der Waals surface area contributed by atoms with Gasteiger partial charge in [0.2, 0.25) is 10.0 Å². The molecular formula is C18H40F3N2O4S2+. The SMILES string of the molecule is CCCC[N+](CCCC)(CCCC)CCCC.CS(=O)(=O)NS(=O)(=O)C(F)(F)F. The summed E-state index contributed by atoms with van der Waals surface area (Å²) in [5.74, 6) is 0. The molecule has 29 heavy (non-hydrogen) atoms. The van der Waals surface area contributed by atoms with Crippen LogP contribution in [0.25, 0.3) is 0 Å². The molecule has 0 radical (unpaired) electrons. The van der Waals surface area contributed by atoms with E-state index < -0.39 is 25.6 Å². The van der Waals surface area contributed by atoms with E-state index in [0.717, 1.165) is 0 Å². The number of quaternary nitrogens is 1. The van der Waals surface area contributed by atoms with Crippen molar-refractivity contribution in [2.45, 2.75) is 84.6 Å². The van der Waals surface area contributed by atoms with Crippen LogP contribution in [0.5, 0.6) is 0 Å². The van der Waals surface area contributed by atoms with Crippen LogP contribution < -0.4 is 4.13 Å². The summed E-state index contributed by atoms with van der Waals surface area (Å²) in [6.45, 7) is 15.0. The van der Waals surface area contributed by atoms with Crippen molar-refractivity contribution in [1.29, 1.82) is 0 Å². The molecule has 6 nitrogen and oxygen atoms in total. The summed E-state index contributed by atoms with van der Waals surface area (Å²) in [6, 6.07) is 0. The third-order valence-corrected chi connectivity index (χ3v) is 7.21. The Morgan fingerprint density at radius 3 is 1.10 bits per heavy atom. The van der Waals surface area contributed by atoms with Gasteiger partial charge in [-0.25, -0.2) is 16.8 Å². The predicted octanol–water partition coefficient (Wildman–Crippen LogP) is 4.39. The number of rotatable bonds is 14. The monoisotopic (exact) mass is 469 g/mol. The largest absolute Gasteiger partial charge is 0.512 e. The molecule has 1 N–H and O–H groups in total. The molecule has 0 heterocycles. The fourth-order valence-corrected chi connectivity index (χ4v) is 4.86. The second kappa shape index (κ2) is 14.6. The highest BCUT2D eigenvalue weighted by atomic mass is 32.3. The van der Waals surface area contributed by atoms with Crippen LogP contribution in [0, 0.1) is 0 Å². The molecule has 0 aliphatic heterocycles. The molecule has 0 spiro atoms. The van der Waals surface area contributed by atoms with Gasteiger partial charge < -0.3 is 4.48 Å². The molecule has 0 amide bonds. The minimum Gasteiger partial charge on any atom is -0.324 e. The smallest absolute Gasteiger partial charge is 0.324 e. The molecule has 0 aromatic heterocycles. The van der Waals surface area contributed by atoms with Gasteiger partial charge in [0.25, 0.3) is 0 Å². The molecule has 0 rings (SSSR count). The molecule has 0 aliphatic rings. The summed E-state index contributed by atoms with van der Waals surface area (Å²) in [4.78, 5) is 0. The van der Waals surface area contributed by atoms with Gasteiger partial charge in [-0.3, -0.25) is 0 Å². The van der Waals surface area contributed by atoms with E-state index in [2.05, 4.69) is 27.7 Å². The Morgan fingerprint density at radius 1 is 0.690 bits per heavy atom. The number of alkyl halides is 3. The molecule has 0 fully saturated rings. The number of nitrogens with one attached hydrogen (secondary N) is 1. The van der Waals surface area contributed by atoms with Crippen molar-refractivity contribution in [2.24, 2.45) is 0 Å². The lowest BCUT2D eigenvalue weighted by Crippen LogP contribution is -2.50. The number of unbranched alkanes of at least 4 members (excludes halogenated alkanes) is 4. The molecule has 0 saturated heterocycles. The zero-order chi connectivity index (χ0) is 23.2. The normalized spacial score (nSPS) is 13.1. The highest BCUT2D eigenvalue weighted by Gasteiger charge is 2.47. The zero-order valence-electron chi connectivity index (χ0n) is 18.5. The first kappa shape index (κ1) is 30.8. The van der Waals surface area contributed by atoms with Gasteiger partial charge in [-0.1, -0.05) is 53.4 Å². The van der Waals surface area contributed by atoms with Crippen LogP contribution in [-0.2, 0) is 20.0 Å². The van der Waals surface area contributed by atoms with E-state index >= 15 is 0 Å². The maximum absolute atomic E-state index is 11.4. The zero-order valence-corrected chi connectivity index (χ0v) is 20.1. The van der Waals surface area contributed by atoms with Gasteiger partial charge in [-0.05, 0) is 25.7 Å². The van der Waals surface area contributed by atoms with E-state index in [-0.39, 0.29) is 0 Å². The van der Waals surface area contributed by atoms with Gasteiger partial charge in [0, 0.05) is 0 Å². The van der Waals surface area contributed by atoms with E-state index in [1.54, 1.807) is 0 Å². The Labute approximate surface area is 175 Å². The number of hydrogen-bond donors (Lipinski definition) is 1. The second-order valence-corrected chi connectivity index (χ2v) is 11.1. The third-order valence-electron chi connectivity index (χ3n) is 4.51. The van der Waals surface area contributed by atoms with E-state index in [1.807, 2.05) is 0 Å². The van der Waals surface area contributed by atoms with Crippen LogP contribution in [0.1, 0.15) is 79.1 Å². The van der Waals surface area contributed by atoms with E-state index in [4.69, 9.17) is 0 Å². The van der Waals surface area contributed by atoms with Crippen molar-refractivity contribution in [3.8, 4) is 0 Å². The lowest BCUT2D eigenvalue weighted by molar-refractivity contribution is -0.929. The van der Waals surface area contributed by atoms with E-state index in [1.165, 1.54) is 82.0 Å². The van der Waals surface area contributed by atoms with Gasteiger partial charge in [-0.15, -0.1) is 4.13 Å². The molecule has 0 aromatic rings. The molecule has 0 saturated carbocycles. The van der Waals surface area contributed by atoms with Crippen molar-refractivity contribution in [1.82, 2.24) is 4.13 Å². The first-order valence-corrected chi connectivity index (χ1v) is 13.7. The lowest BCUT2D eigenvalue weighted by Gasteiger charge is -2.39. The topological polar surface area (TPSA) is 80.3 Å². The maximum atomic E-state index is 11.4. The molecule has 0 bridgehead atoms. The van der Waals surface area contributed by atoms with Gasteiger partial charge in [0.1, 0.15) is 0 Å². The van der Waals surface area contributed by atoms with Gasteiger partial charge >= 0.3 is 15.5 Å². The molecule has 0 aliphatic carbocycles. The van der Waals surface area contributed by atoms with Crippen LogP contribution in [0.2, 0.25) is 0 Å². The van der Waals surface area contributed by atoms with E-state index in [0.29, 0.717) is 10.4 Å². The summed E-state index contributed by atoms with van der Waals surface area (Å²) >= 11 is 0. The van der Waals surface area contributed by atoms with Crippen molar-refractivity contribution < 1.29 is 34.5 Å². The molecule has 0 aromatic carbocycles. The standard InChI is InChI=1S/C16H36N.C2H4F3NO4S2/c1-5-9-13-17(14-10-6-2,15-11-7-3)16-12-8-4;1-11(7,8)6-12(9,10)2(3,4)5/h5-16H2,1-4H3;6H,1H3/q+1;. The van der Waals surface area contributed by atoms with E-state index in [9.17, 15) is 30.0 Å². The Hall–Kier alpha value is -0.390. The summed E-state index contributed by atoms with van der Waals surface area (Å²) in [6.07, 6.45) is 11.4. The van der Waals surface area contributed by atoms with Gasteiger partial charge in [0.05, 0.1) is 32.4 Å². The highest BCUT2D eigenvalue weighted by molar-refractivity contribution is 8.04. The molecule has 11 heteroatoms. The van der Waals surface area contributed by atoms with Crippen molar-refractivity contribution in [3.05, 3.63) is 0 Å². The number of hydrogen-bond acceptors (Lipinski definition) is 4. The summed E-state index contributed by atoms with van der Waals surface area (Å²) in [5.41, 5.74) is -5.62. The molecule has 0 atom stereocenters. The first-order chi connectivity index (χ1) is 13.2. The maximum Gasteiger partial charge on any atom is 0.512 e. The molecular weight excluding hydrogens is 429 g/mol. The Kier molecular flexibility index (Phi) is 15.5. The average Bonchev–Trinajstić information content (AvgIpc) is 2.58. The average molecular weight is 470 g/mol. The minimum absolute atomic E-state index is 0.302. The fraction of sp³-hybridized carbons (Fsp3) is 1.00. The van der Waals surface area contributed by atoms with Gasteiger partial charge in [-0.2, -0.15) is 13.2 Å². The number of sulfonamides is 2. The van der Waals surface area contributed by atoms with Crippen molar-refractivity contribution >= 4 is 20.0 Å². The van der Waals surface area contributed by atoms with Crippen molar-refractivity contribution in [3.63, 3.8) is 0 Å². The lowest BCUT2D eigenvalue weighted by atomic mass is 10.1. The van der Waals surface area contributed by atoms with Crippen LogP contribution in [0.4, 0.5) is 13.2 Å². The van der Waals surface area contributed by atoms with Crippen LogP contribution in [0.15, 0.2) is 0 Å². The first-order valence-electron chi connectivity index (χ1n) is 10.3. The van der Waals surface area contributed by atoms with Crippen LogP contribution in [-0.4, -0.2) is 59.3 Å². The molecule has 178 valence electrons. The second-order valence-electron chi connectivity index (χ2n) is 7.45. The Balaban J connectivity index is 0. The Morgan fingerprint density at radius 2 is 0.966 bits per heavy atom. The van der Waals surface area contributed by atoms with Crippen molar-refractivity contribution in [2.75, 3.05) is 32.4 Å². The predicted molar refractivity (Wildman–Crippen MR) is 112 cm³/mol. The van der Waals surface area contributed by atoms with Crippen LogP contribution >= 0.6 is 0 Å². The summed E-state index contributed by atoms with van der Waals surface area (Å²) in [5, 5.41) is 0. The van der Waals surface area contributed by atoms with Crippen LogP contribution in [0.3, 0.4) is 0 Å². The third kappa shape index (κ3) is 15.1. The van der Waals surface area contributed by atoms with Gasteiger partial charge in [0.15, 0.2) is 0 Å². The Bertz CT molecular complexity index is 584. The minimum atomic E-state index is -5.79. The highest BCUT2D eigenvalue weighted by Crippen LogP contribution is 2.21. The number of halogens is 3. The summed E-state index contributed by atoms with van der Waals surface area (Å²) in [7, 11) is -10.2. The molecule has 0 unspecified atom stereocenters.